The first kappa shape index (κ1) is 11.1. The number of hydrogen-bond acceptors (Lipinski definition) is 2. The van der Waals surface area contributed by atoms with Crippen molar-refractivity contribution in [1.82, 2.24) is 0 Å². The number of methoxy groups -OCH3 is 1. The summed E-state index contributed by atoms with van der Waals surface area (Å²) < 4.78 is 5.08. The summed E-state index contributed by atoms with van der Waals surface area (Å²) in [5.74, 6) is 0.665. The van der Waals surface area contributed by atoms with Crippen LogP contribution in [0.1, 0.15) is 12.0 Å². The fourth-order valence-corrected chi connectivity index (χ4v) is 1.27. The maximum absolute atomic E-state index is 8.59. The molecular formula is C11H13ClO2. The monoisotopic (exact) mass is 212 g/mol. The number of aliphatic hydroxyl groups excluding tert-OH is 1. The van der Waals surface area contributed by atoms with Gasteiger partial charge in [-0.05, 0) is 24.1 Å². The van der Waals surface area contributed by atoms with E-state index in [0.717, 1.165) is 5.56 Å². The largest absolute Gasteiger partial charge is 0.495 e. The van der Waals surface area contributed by atoms with Crippen LogP contribution < -0.4 is 4.74 Å². The van der Waals surface area contributed by atoms with Gasteiger partial charge in [0, 0.05) is 6.61 Å². The van der Waals surface area contributed by atoms with Crippen LogP contribution in [-0.2, 0) is 0 Å². The first-order chi connectivity index (χ1) is 6.77. The molecule has 3 heteroatoms. The van der Waals surface area contributed by atoms with Gasteiger partial charge in [0.1, 0.15) is 5.75 Å². The lowest BCUT2D eigenvalue weighted by Gasteiger charge is -2.03. The molecule has 0 atom stereocenters. The van der Waals surface area contributed by atoms with Crippen LogP contribution >= 0.6 is 11.6 Å². The van der Waals surface area contributed by atoms with Gasteiger partial charge in [-0.15, -0.1) is 0 Å². The van der Waals surface area contributed by atoms with E-state index in [-0.39, 0.29) is 6.61 Å². The molecule has 0 bridgehead atoms. The van der Waals surface area contributed by atoms with Crippen molar-refractivity contribution in [2.45, 2.75) is 6.42 Å². The van der Waals surface area contributed by atoms with Crippen LogP contribution in [0.25, 0.3) is 6.08 Å². The lowest BCUT2D eigenvalue weighted by Crippen LogP contribution is -1.84. The number of aliphatic hydroxyl groups is 1. The highest BCUT2D eigenvalue weighted by molar-refractivity contribution is 6.32. The first-order valence-corrected chi connectivity index (χ1v) is 4.76. The van der Waals surface area contributed by atoms with Crippen LogP contribution in [0.4, 0.5) is 0 Å². The molecule has 14 heavy (non-hydrogen) atoms. The van der Waals surface area contributed by atoms with Crippen molar-refractivity contribution in [3.05, 3.63) is 34.9 Å². The van der Waals surface area contributed by atoms with E-state index in [0.29, 0.717) is 17.2 Å². The molecule has 0 spiro atoms. The third-order valence-electron chi connectivity index (χ3n) is 1.78. The highest BCUT2D eigenvalue weighted by Crippen LogP contribution is 2.25. The molecule has 76 valence electrons. The van der Waals surface area contributed by atoms with Gasteiger partial charge in [0.05, 0.1) is 12.1 Å². The van der Waals surface area contributed by atoms with Gasteiger partial charge in [-0.25, -0.2) is 0 Å². The Balaban J connectivity index is 2.79. The number of halogens is 1. The van der Waals surface area contributed by atoms with Crippen molar-refractivity contribution in [3.8, 4) is 5.75 Å². The molecule has 1 aromatic rings. The molecule has 1 rings (SSSR count). The number of ether oxygens (including phenoxy) is 1. The fourth-order valence-electron chi connectivity index (χ4n) is 1.07. The Bertz CT molecular complexity index is 321. The smallest absolute Gasteiger partial charge is 0.138 e. The van der Waals surface area contributed by atoms with Crippen LogP contribution in [0.15, 0.2) is 24.3 Å². The summed E-state index contributed by atoms with van der Waals surface area (Å²) in [5.41, 5.74) is 1.01. The van der Waals surface area contributed by atoms with Crippen molar-refractivity contribution in [3.63, 3.8) is 0 Å². The summed E-state index contributed by atoms with van der Waals surface area (Å²) in [6.45, 7) is 0.168. The third kappa shape index (κ3) is 3.05. The van der Waals surface area contributed by atoms with Gasteiger partial charge in [0.2, 0.25) is 0 Å². The van der Waals surface area contributed by atoms with Crippen LogP contribution in [0.3, 0.4) is 0 Å². The minimum absolute atomic E-state index is 0.168. The van der Waals surface area contributed by atoms with E-state index in [9.17, 15) is 0 Å². The average molecular weight is 213 g/mol. The van der Waals surface area contributed by atoms with Gasteiger partial charge >= 0.3 is 0 Å². The average Bonchev–Trinajstić information content (AvgIpc) is 2.21. The summed E-state index contributed by atoms with van der Waals surface area (Å²) in [5, 5.41) is 9.20. The Labute approximate surface area is 88.8 Å². The van der Waals surface area contributed by atoms with E-state index in [2.05, 4.69) is 0 Å². The maximum atomic E-state index is 8.59. The van der Waals surface area contributed by atoms with E-state index in [4.69, 9.17) is 21.4 Å². The SMILES string of the molecule is COc1cc(C=CCCO)ccc1Cl. The first-order valence-electron chi connectivity index (χ1n) is 4.39. The molecule has 0 aliphatic heterocycles. The van der Waals surface area contributed by atoms with E-state index < -0.39 is 0 Å². The number of benzene rings is 1. The van der Waals surface area contributed by atoms with Gasteiger partial charge < -0.3 is 9.84 Å². The molecule has 0 aliphatic rings. The molecule has 0 heterocycles. The van der Waals surface area contributed by atoms with Crippen LogP contribution in [0.5, 0.6) is 5.75 Å². The van der Waals surface area contributed by atoms with E-state index in [1.54, 1.807) is 13.2 Å². The van der Waals surface area contributed by atoms with Crippen molar-refractivity contribution in [1.29, 1.82) is 0 Å². The summed E-state index contributed by atoms with van der Waals surface area (Å²) in [6, 6.07) is 5.55. The van der Waals surface area contributed by atoms with E-state index >= 15 is 0 Å². The van der Waals surface area contributed by atoms with Crippen molar-refractivity contribution in [2.24, 2.45) is 0 Å². The summed E-state index contributed by atoms with van der Waals surface area (Å²) in [4.78, 5) is 0. The predicted octanol–water partition coefficient (Wildman–Crippen LogP) is 2.74. The molecule has 1 N–H and O–H groups in total. The second kappa shape index (κ2) is 5.68. The normalized spacial score (nSPS) is 10.8. The highest BCUT2D eigenvalue weighted by Gasteiger charge is 1.98. The Morgan fingerprint density at radius 3 is 2.93 bits per heavy atom. The van der Waals surface area contributed by atoms with Crippen molar-refractivity contribution >= 4 is 17.7 Å². The van der Waals surface area contributed by atoms with E-state index in [1.807, 2.05) is 24.3 Å². The second-order valence-electron chi connectivity index (χ2n) is 2.81. The minimum Gasteiger partial charge on any atom is -0.495 e. The standard InChI is InChI=1S/C11H13ClO2/c1-14-11-8-9(4-2-3-7-13)5-6-10(11)12/h2,4-6,8,13H,3,7H2,1H3. The maximum Gasteiger partial charge on any atom is 0.138 e. The zero-order valence-electron chi connectivity index (χ0n) is 8.03. The van der Waals surface area contributed by atoms with Crippen LogP contribution in [0, 0.1) is 0 Å². The molecule has 2 nitrogen and oxygen atoms in total. The number of hydrogen-bond donors (Lipinski definition) is 1. The Kier molecular flexibility index (Phi) is 4.50. The summed E-state index contributed by atoms with van der Waals surface area (Å²) >= 11 is 5.87. The Hall–Kier alpha value is -0.990. The van der Waals surface area contributed by atoms with Gasteiger partial charge in [-0.3, -0.25) is 0 Å². The van der Waals surface area contributed by atoms with Gasteiger partial charge in [0.15, 0.2) is 0 Å². The van der Waals surface area contributed by atoms with Crippen LogP contribution in [0.2, 0.25) is 5.02 Å². The van der Waals surface area contributed by atoms with E-state index in [1.165, 1.54) is 0 Å². The third-order valence-corrected chi connectivity index (χ3v) is 2.09. The lowest BCUT2D eigenvalue weighted by molar-refractivity contribution is 0.303. The lowest BCUT2D eigenvalue weighted by atomic mass is 10.2. The molecule has 0 saturated heterocycles. The molecule has 0 aromatic heterocycles. The van der Waals surface area contributed by atoms with Gasteiger partial charge in [0.25, 0.3) is 0 Å². The Morgan fingerprint density at radius 1 is 1.50 bits per heavy atom. The molecule has 0 fully saturated rings. The van der Waals surface area contributed by atoms with Crippen molar-refractivity contribution < 1.29 is 9.84 Å². The quantitative estimate of drug-likeness (QED) is 0.832. The molecule has 1 aromatic carbocycles. The molecular weight excluding hydrogens is 200 g/mol. The van der Waals surface area contributed by atoms with Crippen molar-refractivity contribution in [2.75, 3.05) is 13.7 Å². The zero-order valence-corrected chi connectivity index (χ0v) is 8.79. The number of rotatable bonds is 4. The second-order valence-corrected chi connectivity index (χ2v) is 3.22. The van der Waals surface area contributed by atoms with Gasteiger partial charge in [-0.2, -0.15) is 0 Å². The summed E-state index contributed by atoms with van der Waals surface area (Å²) in [7, 11) is 1.59. The molecule has 0 amide bonds. The Morgan fingerprint density at radius 2 is 2.29 bits per heavy atom. The molecule has 0 saturated carbocycles. The van der Waals surface area contributed by atoms with Gasteiger partial charge in [-0.1, -0.05) is 29.8 Å². The molecule has 0 unspecified atom stereocenters. The zero-order chi connectivity index (χ0) is 10.4. The highest BCUT2D eigenvalue weighted by atomic mass is 35.5. The molecule has 0 aliphatic carbocycles. The minimum atomic E-state index is 0.168. The topological polar surface area (TPSA) is 29.5 Å². The molecule has 0 radical (unpaired) electrons. The van der Waals surface area contributed by atoms with Crippen LogP contribution in [-0.4, -0.2) is 18.8 Å². The predicted molar refractivity (Wildman–Crippen MR) is 58.7 cm³/mol. The fraction of sp³-hybridized carbons (Fsp3) is 0.273. The summed E-state index contributed by atoms with van der Waals surface area (Å²) in [6.07, 6.45) is 4.49.